The minimum atomic E-state index is -3.86. The van der Waals surface area contributed by atoms with Crippen LogP contribution in [0.25, 0.3) is 10.8 Å². The lowest BCUT2D eigenvalue weighted by Gasteiger charge is -2.32. The topological polar surface area (TPSA) is 105 Å². The third-order valence-corrected chi connectivity index (χ3v) is 11.6. The normalized spacial score (nSPS) is 19.4. The Kier molecular flexibility index (Phi) is 7.75. The molecule has 1 fully saturated rings. The molecule has 3 aromatic rings. The van der Waals surface area contributed by atoms with Crippen LogP contribution in [0.1, 0.15) is 65.7 Å². The average Bonchev–Trinajstić information content (AvgIpc) is 3.47. The van der Waals surface area contributed by atoms with Crippen molar-refractivity contribution < 1.29 is 27.5 Å². The van der Waals surface area contributed by atoms with E-state index in [4.69, 9.17) is 9.47 Å². The van der Waals surface area contributed by atoms with E-state index >= 15 is 0 Å². The van der Waals surface area contributed by atoms with Crippen molar-refractivity contribution in [1.82, 2.24) is 4.31 Å². The van der Waals surface area contributed by atoms with Crippen LogP contribution in [0, 0.1) is 26.7 Å². The lowest BCUT2D eigenvalue weighted by Crippen LogP contribution is -2.44. The van der Waals surface area contributed by atoms with Gasteiger partial charge in [0.25, 0.3) is 5.91 Å². The molecule has 0 radical (unpaired) electrons. The van der Waals surface area contributed by atoms with Gasteiger partial charge in [-0.25, -0.2) is 8.42 Å². The molecule has 9 nitrogen and oxygen atoms in total. The Morgan fingerprint density at radius 2 is 1.89 bits per heavy atom. The zero-order valence-electron chi connectivity index (χ0n) is 26.4. The monoisotopic (exact) mass is 619 g/mol. The number of methoxy groups -OCH3 is 1. The van der Waals surface area contributed by atoms with E-state index in [1.54, 1.807) is 12.0 Å². The van der Waals surface area contributed by atoms with Gasteiger partial charge < -0.3 is 19.7 Å². The molecule has 3 aliphatic heterocycles. The molecule has 1 unspecified atom stereocenters. The van der Waals surface area contributed by atoms with Crippen molar-refractivity contribution in [3.8, 4) is 5.75 Å². The maximum Gasteiger partial charge on any atom is 0.258 e. The van der Waals surface area contributed by atoms with Gasteiger partial charge in [0.2, 0.25) is 15.9 Å². The highest BCUT2D eigenvalue weighted by atomic mass is 32.2. The number of piperidine rings is 1. The molecule has 10 heteroatoms. The first-order valence-corrected chi connectivity index (χ1v) is 16.8. The molecule has 234 valence electrons. The number of nitrogens with zero attached hydrogens (tertiary/aromatic N) is 2. The molecule has 0 spiro atoms. The molecular weight excluding hydrogens is 578 g/mol. The van der Waals surface area contributed by atoms with Gasteiger partial charge in [-0.05, 0) is 88.8 Å². The number of ether oxygens (including phenoxy) is 2. The van der Waals surface area contributed by atoms with Crippen molar-refractivity contribution in [3.05, 3.63) is 58.1 Å². The molecule has 0 aromatic heterocycles. The fourth-order valence-corrected chi connectivity index (χ4v) is 9.17. The maximum atomic E-state index is 14.2. The summed E-state index contributed by atoms with van der Waals surface area (Å²) in [6.07, 6.45) is 2.54. The molecule has 2 amide bonds. The summed E-state index contributed by atoms with van der Waals surface area (Å²) in [5.41, 5.74) is 4.90. The fraction of sp³-hybridized carbons (Fsp3) is 0.471. The van der Waals surface area contributed by atoms with Crippen LogP contribution in [-0.2, 0) is 26.0 Å². The van der Waals surface area contributed by atoms with E-state index in [0.29, 0.717) is 67.1 Å². The molecule has 0 saturated carbocycles. The second kappa shape index (κ2) is 11.2. The van der Waals surface area contributed by atoms with Crippen molar-refractivity contribution in [2.75, 3.05) is 43.6 Å². The van der Waals surface area contributed by atoms with Crippen molar-refractivity contribution in [2.45, 2.75) is 70.8 Å². The zero-order valence-corrected chi connectivity index (χ0v) is 27.2. The number of rotatable bonds is 8. The number of carbonyl (C=O) groups excluding carboxylic acids is 2. The Bertz CT molecular complexity index is 1800. The van der Waals surface area contributed by atoms with Gasteiger partial charge in [-0.15, -0.1) is 0 Å². The number of benzene rings is 3. The first-order chi connectivity index (χ1) is 20.9. The van der Waals surface area contributed by atoms with E-state index in [1.807, 2.05) is 65.0 Å². The number of hydrogen-bond acceptors (Lipinski definition) is 6. The highest BCUT2D eigenvalue weighted by Crippen LogP contribution is 2.45. The van der Waals surface area contributed by atoms with Crippen LogP contribution in [0.15, 0.2) is 35.2 Å². The van der Waals surface area contributed by atoms with Crippen LogP contribution in [-0.4, -0.2) is 63.5 Å². The Balaban J connectivity index is 1.25. The largest absolute Gasteiger partial charge is 0.487 e. The van der Waals surface area contributed by atoms with Crippen LogP contribution >= 0.6 is 0 Å². The lowest BCUT2D eigenvalue weighted by atomic mass is 9.94. The van der Waals surface area contributed by atoms with E-state index in [9.17, 15) is 18.0 Å². The van der Waals surface area contributed by atoms with Crippen LogP contribution in [0.2, 0.25) is 0 Å². The first kappa shape index (κ1) is 30.6. The molecule has 6 rings (SSSR count). The minimum Gasteiger partial charge on any atom is -0.487 e. The average molecular weight is 620 g/mol. The number of amides is 2. The van der Waals surface area contributed by atoms with Gasteiger partial charge in [0.1, 0.15) is 11.4 Å². The van der Waals surface area contributed by atoms with Crippen LogP contribution in [0.3, 0.4) is 0 Å². The number of carbonyl (C=O) groups is 2. The fourth-order valence-electron chi connectivity index (χ4n) is 7.11. The molecule has 1 atom stereocenters. The van der Waals surface area contributed by atoms with Crippen LogP contribution in [0.5, 0.6) is 5.75 Å². The number of nitrogens with one attached hydrogen (secondary N) is 1. The predicted molar refractivity (Wildman–Crippen MR) is 171 cm³/mol. The summed E-state index contributed by atoms with van der Waals surface area (Å²) in [7, 11) is -2.22. The van der Waals surface area contributed by atoms with Gasteiger partial charge in [-0.3, -0.25) is 9.59 Å². The van der Waals surface area contributed by atoms with Crippen LogP contribution < -0.4 is 15.0 Å². The number of anilines is 2. The van der Waals surface area contributed by atoms with Crippen molar-refractivity contribution in [3.63, 3.8) is 0 Å². The van der Waals surface area contributed by atoms with Gasteiger partial charge in [0, 0.05) is 67.4 Å². The van der Waals surface area contributed by atoms with Crippen molar-refractivity contribution in [2.24, 2.45) is 5.92 Å². The van der Waals surface area contributed by atoms with E-state index in [1.165, 1.54) is 4.31 Å². The van der Waals surface area contributed by atoms with E-state index in [-0.39, 0.29) is 24.0 Å². The number of hydrogen-bond donors (Lipinski definition) is 1. The summed E-state index contributed by atoms with van der Waals surface area (Å²) < 4.78 is 41.2. The second-order valence-corrected chi connectivity index (χ2v) is 14.8. The highest BCUT2D eigenvalue weighted by Gasteiger charge is 2.40. The van der Waals surface area contributed by atoms with Gasteiger partial charge in [-0.2, -0.15) is 4.31 Å². The third-order valence-electron chi connectivity index (χ3n) is 9.42. The van der Waals surface area contributed by atoms with Gasteiger partial charge in [-0.1, -0.05) is 12.1 Å². The predicted octanol–water partition coefficient (Wildman–Crippen LogP) is 5.51. The smallest absolute Gasteiger partial charge is 0.258 e. The molecule has 1 N–H and O–H groups in total. The van der Waals surface area contributed by atoms with E-state index in [2.05, 4.69) is 5.32 Å². The quantitative estimate of drug-likeness (QED) is 0.333. The molecule has 3 aliphatic rings. The van der Waals surface area contributed by atoms with Gasteiger partial charge in [0.15, 0.2) is 0 Å². The summed E-state index contributed by atoms with van der Waals surface area (Å²) in [6.45, 7) is 11.2. The number of sulfonamides is 1. The summed E-state index contributed by atoms with van der Waals surface area (Å²) in [6, 6.07) is 9.27. The molecule has 44 heavy (non-hydrogen) atoms. The van der Waals surface area contributed by atoms with E-state index < -0.39 is 15.9 Å². The summed E-state index contributed by atoms with van der Waals surface area (Å²) in [5, 5.41) is 4.70. The lowest BCUT2D eigenvalue weighted by molar-refractivity contribution is -0.120. The minimum absolute atomic E-state index is 0.0548. The van der Waals surface area contributed by atoms with Crippen molar-refractivity contribution in [1.29, 1.82) is 0 Å². The molecular formula is C34H41N3O6S. The SMILES string of the molecule is COCCCN1C(=O)c2cccc3c(NC(=O)C4CCCN(S(=O)(=O)c5c(C)c(C)c6c(c5C)CC(C)(C)O6)C4)ccc1c23. The summed E-state index contributed by atoms with van der Waals surface area (Å²) >= 11 is 0. The summed E-state index contributed by atoms with van der Waals surface area (Å²) in [5.74, 6) is 0.0126. The molecule has 0 bridgehead atoms. The Labute approximate surface area is 259 Å². The number of fused-ring (bicyclic) bond motifs is 1. The highest BCUT2D eigenvalue weighted by molar-refractivity contribution is 7.89. The Morgan fingerprint density at radius 3 is 2.64 bits per heavy atom. The second-order valence-electron chi connectivity index (χ2n) is 12.9. The first-order valence-electron chi connectivity index (χ1n) is 15.3. The Morgan fingerprint density at radius 1 is 1.11 bits per heavy atom. The molecule has 0 aliphatic carbocycles. The molecule has 1 saturated heterocycles. The zero-order chi connectivity index (χ0) is 31.6. The van der Waals surface area contributed by atoms with Crippen molar-refractivity contribution >= 4 is 44.0 Å². The van der Waals surface area contributed by atoms with E-state index in [0.717, 1.165) is 38.9 Å². The van der Waals surface area contributed by atoms with Gasteiger partial charge >= 0.3 is 0 Å². The summed E-state index contributed by atoms with van der Waals surface area (Å²) in [4.78, 5) is 29.0. The maximum absolute atomic E-state index is 14.2. The third kappa shape index (κ3) is 4.97. The van der Waals surface area contributed by atoms with Gasteiger partial charge in [0.05, 0.1) is 16.5 Å². The Hall–Kier alpha value is -3.47. The molecule has 3 heterocycles. The molecule has 3 aromatic carbocycles. The van der Waals surface area contributed by atoms with Crippen LogP contribution in [0.4, 0.5) is 11.4 Å². The standard InChI is InChI=1S/C34H41N3O6S/c1-20-21(2)31(22(3)26-18-34(4,5)43-30(20)26)44(40,41)36-15-8-10-23(19-36)32(38)35-27-13-14-28-29-24(27)11-7-12-25(29)33(39)37(28)16-9-17-42-6/h7,11-14,23H,8-10,15-19H2,1-6H3,(H,35,38).